The van der Waals surface area contributed by atoms with Crippen LogP contribution < -0.4 is 0 Å². The Bertz CT molecular complexity index is 579. The molecule has 0 atom stereocenters. The first-order chi connectivity index (χ1) is 9.16. The Morgan fingerprint density at radius 3 is 2.47 bits per heavy atom. The molecule has 0 saturated heterocycles. The van der Waals surface area contributed by atoms with Gasteiger partial charge >= 0.3 is 0 Å². The monoisotopic (exact) mass is 256 g/mol. The van der Waals surface area contributed by atoms with Crippen LogP contribution in [-0.4, -0.2) is 16.7 Å². The molecular weight excluding hydrogens is 240 g/mol. The lowest BCUT2D eigenvalue weighted by atomic mass is 9.88. The smallest absolute Gasteiger partial charge is 0.237 e. The Kier molecular flexibility index (Phi) is 3.95. The summed E-state index contributed by atoms with van der Waals surface area (Å²) in [6.07, 6.45) is 6.29. The number of benzene rings is 1. The highest BCUT2D eigenvalue weighted by Gasteiger charge is 2.30. The maximum absolute atomic E-state index is 11.9. The van der Waals surface area contributed by atoms with Gasteiger partial charge < -0.3 is 5.11 Å². The summed E-state index contributed by atoms with van der Waals surface area (Å²) in [7, 11) is 0. The highest BCUT2D eigenvalue weighted by atomic mass is 16.3. The summed E-state index contributed by atoms with van der Waals surface area (Å²) in [6.45, 7) is 2.08. The second-order valence-corrected chi connectivity index (χ2v) is 4.51. The molecule has 2 rings (SSSR count). The van der Waals surface area contributed by atoms with Gasteiger partial charge in [0.2, 0.25) is 11.6 Å². The fraction of sp³-hybridized carbons (Fsp3) is 0.250. The number of Topliss-reactive ketones (excluding diaryl/α,β-unsaturated/α-hetero) is 2. The largest absolute Gasteiger partial charge is 0.507 e. The number of ketones is 2. The zero-order valence-electron chi connectivity index (χ0n) is 10.8. The Labute approximate surface area is 112 Å². The summed E-state index contributed by atoms with van der Waals surface area (Å²) in [5.41, 5.74) is 0.803. The Balaban J connectivity index is 2.40. The molecule has 3 nitrogen and oxygen atoms in total. The molecule has 0 bridgehead atoms. The van der Waals surface area contributed by atoms with Crippen molar-refractivity contribution in [1.29, 1.82) is 0 Å². The molecule has 0 fully saturated rings. The van der Waals surface area contributed by atoms with Gasteiger partial charge in [0.15, 0.2) is 0 Å². The first-order valence-electron chi connectivity index (χ1n) is 6.45. The van der Waals surface area contributed by atoms with Gasteiger partial charge in [0, 0.05) is 11.1 Å². The molecule has 1 aliphatic carbocycles. The summed E-state index contributed by atoms with van der Waals surface area (Å²) in [6, 6.07) is 6.62. The van der Waals surface area contributed by atoms with Crippen LogP contribution in [0, 0.1) is 0 Å². The highest BCUT2D eigenvalue weighted by Crippen LogP contribution is 2.28. The standard InChI is InChI=1S/C16H16O3/c1-2-3-4-5-10-13-14(17)11-8-6-7-9-12(11)15(18)16(13)19/h5-10,17H,2-4H2,1H3/b10-5+. The molecule has 0 amide bonds. The third-order valence-electron chi connectivity index (χ3n) is 3.14. The minimum atomic E-state index is -0.635. The quantitative estimate of drug-likeness (QED) is 0.663. The van der Waals surface area contributed by atoms with Gasteiger partial charge in [-0.3, -0.25) is 9.59 Å². The van der Waals surface area contributed by atoms with Crippen LogP contribution in [0.1, 0.15) is 42.1 Å². The van der Waals surface area contributed by atoms with E-state index in [0.29, 0.717) is 5.56 Å². The van der Waals surface area contributed by atoms with Crippen LogP contribution in [0.25, 0.3) is 5.76 Å². The van der Waals surface area contributed by atoms with E-state index in [2.05, 4.69) is 6.92 Å². The van der Waals surface area contributed by atoms with Crippen LogP contribution in [0.3, 0.4) is 0 Å². The van der Waals surface area contributed by atoms with Crippen LogP contribution in [0.15, 0.2) is 42.0 Å². The molecule has 1 N–H and O–H groups in total. The fourth-order valence-electron chi connectivity index (χ4n) is 2.06. The van der Waals surface area contributed by atoms with E-state index in [9.17, 15) is 14.7 Å². The normalized spacial score (nSPS) is 15.2. The van der Waals surface area contributed by atoms with E-state index in [0.717, 1.165) is 19.3 Å². The van der Waals surface area contributed by atoms with Gasteiger partial charge in [-0.25, -0.2) is 0 Å². The Morgan fingerprint density at radius 2 is 1.79 bits per heavy atom. The molecule has 98 valence electrons. The van der Waals surface area contributed by atoms with Crippen molar-refractivity contribution in [3.05, 3.63) is 53.1 Å². The van der Waals surface area contributed by atoms with E-state index < -0.39 is 11.6 Å². The van der Waals surface area contributed by atoms with E-state index in [1.54, 1.807) is 30.3 Å². The molecule has 1 aromatic rings. The van der Waals surface area contributed by atoms with Crippen LogP contribution in [0.4, 0.5) is 0 Å². The number of aliphatic hydroxyl groups excluding tert-OH is 1. The number of carbonyl (C=O) groups is 2. The Hall–Kier alpha value is -2.16. The summed E-state index contributed by atoms with van der Waals surface area (Å²) in [5, 5.41) is 10.1. The number of fused-ring (bicyclic) bond motifs is 1. The SMILES string of the molecule is CCCC/C=C/C1=C(O)c2ccccc2C(=O)C1=O. The van der Waals surface area contributed by atoms with Gasteiger partial charge in [-0.2, -0.15) is 0 Å². The number of allylic oxidation sites excluding steroid dienone is 3. The lowest BCUT2D eigenvalue weighted by Crippen LogP contribution is -2.23. The number of unbranched alkanes of at least 4 members (excludes halogenated alkanes) is 2. The average Bonchev–Trinajstić information content (AvgIpc) is 2.44. The second-order valence-electron chi connectivity index (χ2n) is 4.51. The van der Waals surface area contributed by atoms with E-state index in [1.165, 1.54) is 0 Å². The predicted octanol–water partition coefficient (Wildman–Crippen LogP) is 3.47. The van der Waals surface area contributed by atoms with Gasteiger partial charge in [-0.1, -0.05) is 56.2 Å². The maximum atomic E-state index is 11.9. The van der Waals surface area contributed by atoms with Gasteiger partial charge in [0.05, 0.1) is 5.57 Å². The zero-order chi connectivity index (χ0) is 13.8. The fourth-order valence-corrected chi connectivity index (χ4v) is 2.06. The van der Waals surface area contributed by atoms with E-state index in [-0.39, 0.29) is 16.9 Å². The second kappa shape index (κ2) is 5.65. The van der Waals surface area contributed by atoms with Crippen molar-refractivity contribution >= 4 is 17.3 Å². The summed E-state index contributed by atoms with van der Waals surface area (Å²) in [5.74, 6) is -1.29. The third kappa shape index (κ3) is 2.50. The average molecular weight is 256 g/mol. The number of hydrogen-bond acceptors (Lipinski definition) is 3. The summed E-state index contributed by atoms with van der Waals surface area (Å²) >= 11 is 0. The van der Waals surface area contributed by atoms with E-state index >= 15 is 0 Å². The molecular formula is C16H16O3. The molecule has 3 heteroatoms. The first kappa shape index (κ1) is 13.3. The zero-order valence-corrected chi connectivity index (χ0v) is 10.8. The molecule has 0 aromatic heterocycles. The van der Waals surface area contributed by atoms with Crippen molar-refractivity contribution in [2.75, 3.05) is 0 Å². The van der Waals surface area contributed by atoms with E-state index in [4.69, 9.17) is 0 Å². The van der Waals surface area contributed by atoms with Crippen molar-refractivity contribution in [1.82, 2.24) is 0 Å². The van der Waals surface area contributed by atoms with Crippen molar-refractivity contribution in [2.45, 2.75) is 26.2 Å². The van der Waals surface area contributed by atoms with Gasteiger partial charge in [0.1, 0.15) is 5.76 Å². The third-order valence-corrected chi connectivity index (χ3v) is 3.14. The van der Waals surface area contributed by atoms with Crippen molar-refractivity contribution in [3.8, 4) is 0 Å². The van der Waals surface area contributed by atoms with Crippen LogP contribution in [0.2, 0.25) is 0 Å². The number of rotatable bonds is 4. The van der Waals surface area contributed by atoms with Crippen molar-refractivity contribution < 1.29 is 14.7 Å². The molecule has 19 heavy (non-hydrogen) atoms. The lowest BCUT2D eigenvalue weighted by Gasteiger charge is -2.15. The number of carbonyl (C=O) groups excluding carboxylic acids is 2. The molecule has 0 radical (unpaired) electrons. The van der Waals surface area contributed by atoms with Gasteiger partial charge in [0.25, 0.3) is 0 Å². The molecule has 0 heterocycles. The molecule has 0 spiro atoms. The Morgan fingerprint density at radius 1 is 1.11 bits per heavy atom. The van der Waals surface area contributed by atoms with Crippen LogP contribution in [-0.2, 0) is 4.79 Å². The highest BCUT2D eigenvalue weighted by molar-refractivity contribution is 6.52. The minimum Gasteiger partial charge on any atom is -0.507 e. The van der Waals surface area contributed by atoms with Crippen LogP contribution in [0.5, 0.6) is 0 Å². The van der Waals surface area contributed by atoms with Gasteiger partial charge in [-0.15, -0.1) is 0 Å². The number of aliphatic hydroxyl groups is 1. The van der Waals surface area contributed by atoms with Gasteiger partial charge in [-0.05, 0) is 6.42 Å². The first-order valence-corrected chi connectivity index (χ1v) is 6.45. The minimum absolute atomic E-state index is 0.0970. The predicted molar refractivity (Wildman–Crippen MR) is 74.0 cm³/mol. The van der Waals surface area contributed by atoms with Crippen molar-refractivity contribution in [3.63, 3.8) is 0 Å². The van der Waals surface area contributed by atoms with Crippen LogP contribution >= 0.6 is 0 Å². The maximum Gasteiger partial charge on any atom is 0.237 e. The lowest BCUT2D eigenvalue weighted by molar-refractivity contribution is -0.111. The summed E-state index contributed by atoms with van der Waals surface area (Å²) in [4.78, 5) is 23.9. The molecule has 1 aromatic carbocycles. The topological polar surface area (TPSA) is 54.4 Å². The molecule has 1 aliphatic rings. The van der Waals surface area contributed by atoms with Crippen molar-refractivity contribution in [2.24, 2.45) is 0 Å². The summed E-state index contributed by atoms with van der Waals surface area (Å²) < 4.78 is 0. The molecule has 0 unspecified atom stereocenters. The number of hydrogen-bond donors (Lipinski definition) is 1. The molecule has 0 saturated carbocycles. The van der Waals surface area contributed by atoms with E-state index in [1.807, 2.05) is 6.08 Å². The molecule has 0 aliphatic heterocycles.